The van der Waals surface area contributed by atoms with Crippen LogP contribution in [-0.4, -0.2) is 29.2 Å². The van der Waals surface area contributed by atoms with Crippen LogP contribution in [-0.2, 0) is 4.79 Å². The first-order valence-corrected chi connectivity index (χ1v) is 7.36. The Morgan fingerprint density at radius 3 is 2.52 bits per heavy atom. The number of fused-ring (bicyclic) bond motifs is 1. The van der Waals surface area contributed by atoms with Gasteiger partial charge in [-0.25, -0.2) is 0 Å². The van der Waals surface area contributed by atoms with Gasteiger partial charge in [-0.1, -0.05) is 29.8 Å². The van der Waals surface area contributed by atoms with Crippen LogP contribution < -0.4 is 5.32 Å². The van der Waals surface area contributed by atoms with Crippen LogP contribution in [0.15, 0.2) is 42.5 Å². The number of benzene rings is 2. The lowest BCUT2D eigenvalue weighted by Gasteiger charge is -2.14. The molecule has 1 aliphatic rings. The van der Waals surface area contributed by atoms with Crippen LogP contribution in [0.3, 0.4) is 0 Å². The molecule has 0 radical (unpaired) electrons. The normalized spacial score (nSPS) is 13.2. The molecular formula is C17H13ClN2O3. The Labute approximate surface area is 137 Å². The average Bonchev–Trinajstić information content (AvgIpc) is 2.74. The summed E-state index contributed by atoms with van der Waals surface area (Å²) < 4.78 is 0. The first-order chi connectivity index (χ1) is 11.0. The highest BCUT2D eigenvalue weighted by atomic mass is 35.5. The molecule has 1 aliphatic heterocycles. The SMILES string of the molecule is Cc1ccccc1NC(=O)CN1C(=O)c2ccc(Cl)cc2C1=O. The molecular weight excluding hydrogens is 316 g/mol. The molecule has 0 fully saturated rings. The third-order valence-corrected chi connectivity index (χ3v) is 3.89. The van der Waals surface area contributed by atoms with Gasteiger partial charge in [0.15, 0.2) is 0 Å². The predicted octanol–water partition coefficient (Wildman–Crippen LogP) is 2.88. The summed E-state index contributed by atoms with van der Waals surface area (Å²) in [6.45, 7) is 1.53. The fourth-order valence-electron chi connectivity index (χ4n) is 2.45. The number of amides is 3. The summed E-state index contributed by atoms with van der Waals surface area (Å²) >= 11 is 5.85. The number of nitrogens with one attached hydrogen (secondary N) is 1. The maximum Gasteiger partial charge on any atom is 0.262 e. The van der Waals surface area contributed by atoms with E-state index >= 15 is 0 Å². The van der Waals surface area contributed by atoms with E-state index in [0.717, 1.165) is 10.5 Å². The Hall–Kier alpha value is -2.66. The summed E-state index contributed by atoms with van der Waals surface area (Å²) in [6, 6.07) is 11.8. The molecule has 6 heteroatoms. The lowest BCUT2D eigenvalue weighted by atomic mass is 10.1. The predicted molar refractivity (Wildman–Crippen MR) is 86.6 cm³/mol. The number of hydrogen-bond donors (Lipinski definition) is 1. The van der Waals surface area contributed by atoms with E-state index in [-0.39, 0.29) is 17.7 Å². The molecule has 2 aromatic carbocycles. The second-order valence-corrected chi connectivity index (χ2v) is 5.69. The molecule has 0 saturated carbocycles. The number of anilines is 1. The van der Waals surface area contributed by atoms with E-state index in [9.17, 15) is 14.4 Å². The van der Waals surface area contributed by atoms with Gasteiger partial charge in [0.05, 0.1) is 11.1 Å². The molecule has 0 saturated heterocycles. The van der Waals surface area contributed by atoms with Crippen LogP contribution in [0, 0.1) is 6.92 Å². The van der Waals surface area contributed by atoms with E-state index in [2.05, 4.69) is 5.32 Å². The molecule has 116 valence electrons. The van der Waals surface area contributed by atoms with Crippen molar-refractivity contribution in [1.82, 2.24) is 4.90 Å². The molecule has 5 nitrogen and oxygen atoms in total. The van der Waals surface area contributed by atoms with Crippen LogP contribution in [0.25, 0.3) is 0 Å². The topological polar surface area (TPSA) is 66.5 Å². The van der Waals surface area contributed by atoms with E-state index in [1.807, 2.05) is 19.1 Å². The largest absolute Gasteiger partial charge is 0.324 e. The Morgan fingerprint density at radius 2 is 1.78 bits per heavy atom. The van der Waals surface area contributed by atoms with Gasteiger partial charge in [-0.15, -0.1) is 0 Å². The number of halogens is 1. The Morgan fingerprint density at radius 1 is 1.09 bits per heavy atom. The lowest BCUT2D eigenvalue weighted by molar-refractivity contribution is -0.116. The average molecular weight is 329 g/mol. The molecule has 2 aromatic rings. The maximum absolute atomic E-state index is 12.3. The summed E-state index contributed by atoms with van der Waals surface area (Å²) in [5, 5.41) is 3.08. The minimum Gasteiger partial charge on any atom is -0.324 e. The van der Waals surface area contributed by atoms with Crippen molar-refractivity contribution in [3.8, 4) is 0 Å². The minimum absolute atomic E-state index is 0.228. The molecule has 0 bridgehead atoms. The number of carbonyl (C=O) groups is 3. The van der Waals surface area contributed by atoms with Gasteiger partial charge in [0.25, 0.3) is 11.8 Å². The number of carbonyl (C=O) groups excluding carboxylic acids is 3. The van der Waals surface area contributed by atoms with E-state index in [4.69, 9.17) is 11.6 Å². The molecule has 1 N–H and O–H groups in total. The minimum atomic E-state index is -0.507. The number of aryl methyl sites for hydroxylation is 1. The smallest absolute Gasteiger partial charge is 0.262 e. The molecule has 3 rings (SSSR count). The third-order valence-electron chi connectivity index (χ3n) is 3.65. The van der Waals surface area contributed by atoms with Crippen molar-refractivity contribution in [2.45, 2.75) is 6.92 Å². The third kappa shape index (κ3) is 2.83. The van der Waals surface area contributed by atoms with Crippen LogP contribution in [0.4, 0.5) is 5.69 Å². The van der Waals surface area contributed by atoms with Gasteiger partial charge in [-0.2, -0.15) is 0 Å². The number of nitrogens with zero attached hydrogens (tertiary/aromatic N) is 1. The van der Waals surface area contributed by atoms with Gasteiger partial charge < -0.3 is 5.32 Å². The van der Waals surface area contributed by atoms with Gasteiger partial charge in [0.1, 0.15) is 6.54 Å². The standard InChI is InChI=1S/C17H13ClN2O3/c1-10-4-2-3-5-14(10)19-15(21)9-20-16(22)12-7-6-11(18)8-13(12)17(20)23/h2-8H,9H2,1H3,(H,19,21). The second-order valence-electron chi connectivity index (χ2n) is 5.25. The van der Waals surface area contributed by atoms with Crippen molar-refractivity contribution in [3.05, 3.63) is 64.2 Å². The van der Waals surface area contributed by atoms with Gasteiger partial charge in [0, 0.05) is 10.7 Å². The molecule has 3 amide bonds. The summed E-state index contributed by atoms with van der Waals surface area (Å²) in [5.74, 6) is -1.42. The molecule has 1 heterocycles. The second kappa shape index (κ2) is 5.85. The van der Waals surface area contributed by atoms with Crippen molar-refractivity contribution < 1.29 is 14.4 Å². The van der Waals surface area contributed by atoms with Crippen LogP contribution in [0.5, 0.6) is 0 Å². The van der Waals surface area contributed by atoms with Gasteiger partial charge >= 0.3 is 0 Å². The maximum atomic E-state index is 12.3. The molecule has 0 aliphatic carbocycles. The van der Waals surface area contributed by atoms with E-state index < -0.39 is 17.7 Å². The quantitative estimate of drug-likeness (QED) is 0.881. The first kappa shape index (κ1) is 15.2. The van der Waals surface area contributed by atoms with Gasteiger partial charge in [-0.05, 0) is 36.8 Å². The molecule has 0 atom stereocenters. The highest BCUT2D eigenvalue weighted by molar-refractivity contribution is 6.32. The highest BCUT2D eigenvalue weighted by Crippen LogP contribution is 2.25. The highest BCUT2D eigenvalue weighted by Gasteiger charge is 2.36. The number of imide groups is 1. The van der Waals surface area contributed by atoms with Crippen LogP contribution in [0.2, 0.25) is 5.02 Å². The molecule has 23 heavy (non-hydrogen) atoms. The Balaban J connectivity index is 1.77. The summed E-state index contributed by atoms with van der Waals surface area (Å²) in [6.07, 6.45) is 0. The zero-order chi connectivity index (χ0) is 16.6. The monoisotopic (exact) mass is 328 g/mol. The number of rotatable bonds is 3. The van der Waals surface area contributed by atoms with Crippen LogP contribution >= 0.6 is 11.6 Å². The zero-order valence-electron chi connectivity index (χ0n) is 12.3. The van der Waals surface area contributed by atoms with E-state index in [1.54, 1.807) is 18.2 Å². The summed E-state index contributed by atoms with van der Waals surface area (Å²) in [5.41, 5.74) is 2.04. The van der Waals surface area contributed by atoms with Crippen molar-refractivity contribution >= 4 is 35.0 Å². The van der Waals surface area contributed by atoms with Gasteiger partial charge in [-0.3, -0.25) is 19.3 Å². The molecule has 0 spiro atoms. The van der Waals surface area contributed by atoms with Crippen molar-refractivity contribution in [2.75, 3.05) is 11.9 Å². The molecule has 0 aromatic heterocycles. The Kier molecular flexibility index (Phi) is 3.88. The fraction of sp³-hybridized carbons (Fsp3) is 0.118. The van der Waals surface area contributed by atoms with Crippen molar-refractivity contribution in [1.29, 1.82) is 0 Å². The van der Waals surface area contributed by atoms with E-state index in [0.29, 0.717) is 10.7 Å². The fourth-order valence-corrected chi connectivity index (χ4v) is 2.63. The lowest BCUT2D eigenvalue weighted by Crippen LogP contribution is -2.37. The van der Waals surface area contributed by atoms with Crippen molar-refractivity contribution in [3.63, 3.8) is 0 Å². The van der Waals surface area contributed by atoms with Gasteiger partial charge in [0.2, 0.25) is 5.91 Å². The zero-order valence-corrected chi connectivity index (χ0v) is 13.1. The van der Waals surface area contributed by atoms with E-state index in [1.165, 1.54) is 12.1 Å². The Bertz CT molecular complexity index is 832. The number of hydrogen-bond acceptors (Lipinski definition) is 3. The van der Waals surface area contributed by atoms with Crippen LogP contribution in [0.1, 0.15) is 26.3 Å². The summed E-state index contributed by atoms with van der Waals surface area (Å²) in [7, 11) is 0. The molecule has 0 unspecified atom stereocenters. The first-order valence-electron chi connectivity index (χ1n) is 6.98. The number of para-hydroxylation sites is 1. The summed E-state index contributed by atoms with van der Waals surface area (Å²) in [4.78, 5) is 37.6. The van der Waals surface area contributed by atoms with Crippen molar-refractivity contribution in [2.24, 2.45) is 0 Å².